The number of hydrogen-bond acceptors (Lipinski definition) is 5. The van der Waals surface area contributed by atoms with E-state index in [9.17, 15) is 4.79 Å². The fourth-order valence-electron chi connectivity index (χ4n) is 1.60. The number of aromatic nitrogens is 2. The number of halogens is 1. The number of rotatable bonds is 6. The molecule has 0 atom stereocenters. The number of carbonyl (C=O) groups excluding carboxylic acids is 1. The van der Waals surface area contributed by atoms with E-state index in [0.717, 1.165) is 15.9 Å². The Hall–Kier alpha value is -1.47. The van der Waals surface area contributed by atoms with Gasteiger partial charge in [-0.25, -0.2) is 0 Å². The molecule has 1 aromatic carbocycles. The van der Waals surface area contributed by atoms with Crippen LogP contribution in [0.15, 0.2) is 28.7 Å². The third-order valence-corrected chi connectivity index (χ3v) is 3.82. The minimum atomic E-state index is -0.248. The number of ether oxygens (including phenoxy) is 1. The van der Waals surface area contributed by atoms with E-state index in [2.05, 4.69) is 45.3 Å². The minimum Gasteiger partial charge on any atom is -0.484 e. The van der Waals surface area contributed by atoms with E-state index in [1.54, 1.807) is 12.1 Å². The minimum absolute atomic E-state index is 0.0600. The summed E-state index contributed by atoms with van der Waals surface area (Å²) < 4.78 is 6.31. The molecule has 21 heavy (non-hydrogen) atoms. The van der Waals surface area contributed by atoms with Crippen LogP contribution >= 0.6 is 27.3 Å². The van der Waals surface area contributed by atoms with Gasteiger partial charge in [-0.2, -0.15) is 0 Å². The van der Waals surface area contributed by atoms with E-state index in [0.29, 0.717) is 16.8 Å². The average Bonchev–Trinajstić information content (AvgIpc) is 2.83. The Kier molecular flexibility index (Phi) is 5.69. The molecule has 0 unspecified atom stereocenters. The van der Waals surface area contributed by atoms with Crippen LogP contribution < -0.4 is 10.1 Å². The SMILES string of the molecule is CC(C)Cc1nnc(NC(=O)COc2cccc(Br)c2)s1. The van der Waals surface area contributed by atoms with Crippen molar-refractivity contribution in [2.75, 3.05) is 11.9 Å². The molecule has 5 nitrogen and oxygen atoms in total. The molecule has 0 aliphatic carbocycles. The molecule has 1 aromatic heterocycles. The predicted octanol–water partition coefficient (Wildman–Crippen LogP) is 3.52. The molecule has 0 spiro atoms. The number of nitrogens with one attached hydrogen (secondary N) is 1. The standard InChI is InChI=1S/C14H16BrN3O2S/c1-9(2)6-13-17-18-14(21-13)16-12(19)8-20-11-5-3-4-10(15)7-11/h3-5,7,9H,6,8H2,1-2H3,(H,16,18,19). The Balaban J connectivity index is 1.83. The van der Waals surface area contributed by atoms with Crippen LogP contribution in [-0.2, 0) is 11.2 Å². The molecule has 2 rings (SSSR count). The second-order valence-electron chi connectivity index (χ2n) is 4.89. The van der Waals surface area contributed by atoms with Gasteiger partial charge < -0.3 is 4.74 Å². The molecular formula is C14H16BrN3O2S. The van der Waals surface area contributed by atoms with Crippen LogP contribution in [0.4, 0.5) is 5.13 Å². The maximum Gasteiger partial charge on any atom is 0.264 e. The lowest BCUT2D eigenvalue weighted by Gasteiger charge is -2.05. The second kappa shape index (κ2) is 7.51. The van der Waals surface area contributed by atoms with Gasteiger partial charge in [-0.15, -0.1) is 10.2 Å². The number of nitrogens with zero attached hydrogens (tertiary/aromatic N) is 2. The van der Waals surface area contributed by atoms with Crippen LogP contribution in [0.5, 0.6) is 5.75 Å². The van der Waals surface area contributed by atoms with Crippen molar-refractivity contribution in [2.24, 2.45) is 5.92 Å². The van der Waals surface area contributed by atoms with Gasteiger partial charge in [0.25, 0.3) is 5.91 Å². The molecule has 1 heterocycles. The number of carbonyl (C=O) groups is 1. The maximum atomic E-state index is 11.8. The first-order chi connectivity index (χ1) is 10.0. The Morgan fingerprint density at radius 1 is 1.43 bits per heavy atom. The summed E-state index contributed by atoms with van der Waals surface area (Å²) in [6.07, 6.45) is 0.863. The van der Waals surface area contributed by atoms with Crippen molar-refractivity contribution in [3.63, 3.8) is 0 Å². The van der Waals surface area contributed by atoms with Gasteiger partial charge in [-0.05, 0) is 24.1 Å². The van der Waals surface area contributed by atoms with Crippen LogP contribution in [0.3, 0.4) is 0 Å². The second-order valence-corrected chi connectivity index (χ2v) is 6.87. The monoisotopic (exact) mass is 369 g/mol. The molecule has 0 aliphatic rings. The first-order valence-electron chi connectivity index (χ1n) is 6.53. The highest BCUT2D eigenvalue weighted by molar-refractivity contribution is 9.10. The zero-order valence-corrected chi connectivity index (χ0v) is 14.2. The molecule has 0 saturated heterocycles. The first-order valence-corrected chi connectivity index (χ1v) is 8.14. The summed E-state index contributed by atoms with van der Waals surface area (Å²) in [6, 6.07) is 7.34. The molecule has 7 heteroatoms. The predicted molar refractivity (Wildman–Crippen MR) is 86.7 cm³/mol. The molecule has 1 N–H and O–H groups in total. The smallest absolute Gasteiger partial charge is 0.264 e. The lowest BCUT2D eigenvalue weighted by molar-refractivity contribution is -0.118. The summed E-state index contributed by atoms with van der Waals surface area (Å²) in [7, 11) is 0. The van der Waals surface area contributed by atoms with Crippen molar-refractivity contribution in [1.82, 2.24) is 10.2 Å². The lowest BCUT2D eigenvalue weighted by atomic mass is 10.1. The molecule has 0 saturated carbocycles. The van der Waals surface area contributed by atoms with E-state index in [1.165, 1.54) is 11.3 Å². The van der Waals surface area contributed by atoms with Gasteiger partial charge in [0.1, 0.15) is 10.8 Å². The van der Waals surface area contributed by atoms with Crippen molar-refractivity contribution in [1.29, 1.82) is 0 Å². The highest BCUT2D eigenvalue weighted by Crippen LogP contribution is 2.19. The van der Waals surface area contributed by atoms with Crippen LogP contribution in [-0.4, -0.2) is 22.7 Å². The van der Waals surface area contributed by atoms with E-state index in [-0.39, 0.29) is 12.5 Å². The Morgan fingerprint density at radius 2 is 2.24 bits per heavy atom. The fourth-order valence-corrected chi connectivity index (χ4v) is 2.94. The summed E-state index contributed by atoms with van der Waals surface area (Å²) in [5, 5.41) is 12.1. The van der Waals surface area contributed by atoms with Gasteiger partial charge in [0, 0.05) is 10.9 Å². The fraction of sp³-hybridized carbons (Fsp3) is 0.357. The van der Waals surface area contributed by atoms with Crippen molar-refractivity contribution in [3.8, 4) is 5.75 Å². The van der Waals surface area contributed by atoms with E-state index >= 15 is 0 Å². The lowest BCUT2D eigenvalue weighted by Crippen LogP contribution is -2.20. The third-order valence-electron chi connectivity index (χ3n) is 2.46. The van der Waals surface area contributed by atoms with Gasteiger partial charge in [-0.1, -0.05) is 47.2 Å². The molecule has 0 fully saturated rings. The van der Waals surface area contributed by atoms with Gasteiger partial charge >= 0.3 is 0 Å². The van der Waals surface area contributed by atoms with Crippen LogP contribution in [0.25, 0.3) is 0 Å². The maximum absolute atomic E-state index is 11.8. The zero-order valence-electron chi connectivity index (χ0n) is 11.8. The molecular weight excluding hydrogens is 354 g/mol. The quantitative estimate of drug-likeness (QED) is 0.845. The van der Waals surface area contributed by atoms with Crippen LogP contribution in [0, 0.1) is 5.92 Å². The Labute approximate surface area is 135 Å². The molecule has 112 valence electrons. The van der Waals surface area contributed by atoms with Crippen molar-refractivity contribution in [2.45, 2.75) is 20.3 Å². The summed E-state index contributed by atoms with van der Waals surface area (Å²) in [4.78, 5) is 11.8. The largest absolute Gasteiger partial charge is 0.484 e. The molecule has 0 aliphatic heterocycles. The summed E-state index contributed by atoms with van der Waals surface area (Å²) in [5.74, 6) is 0.904. The van der Waals surface area contributed by atoms with Crippen molar-refractivity contribution >= 4 is 38.3 Å². The third kappa shape index (κ3) is 5.43. The van der Waals surface area contributed by atoms with E-state index in [4.69, 9.17) is 4.74 Å². The number of amides is 1. The topological polar surface area (TPSA) is 64.1 Å². The molecule has 0 radical (unpaired) electrons. The number of hydrogen-bond donors (Lipinski definition) is 1. The number of anilines is 1. The number of benzene rings is 1. The highest BCUT2D eigenvalue weighted by Gasteiger charge is 2.10. The van der Waals surface area contributed by atoms with Crippen molar-refractivity contribution < 1.29 is 9.53 Å². The highest BCUT2D eigenvalue weighted by atomic mass is 79.9. The first kappa shape index (κ1) is 15.9. The Morgan fingerprint density at radius 3 is 2.95 bits per heavy atom. The summed E-state index contributed by atoms with van der Waals surface area (Å²) in [6.45, 7) is 4.17. The van der Waals surface area contributed by atoms with Gasteiger partial charge in [-0.3, -0.25) is 10.1 Å². The van der Waals surface area contributed by atoms with Gasteiger partial charge in [0.05, 0.1) is 0 Å². The van der Waals surface area contributed by atoms with Crippen molar-refractivity contribution in [3.05, 3.63) is 33.7 Å². The van der Waals surface area contributed by atoms with Gasteiger partial charge in [0.2, 0.25) is 5.13 Å². The average molecular weight is 370 g/mol. The molecule has 2 aromatic rings. The zero-order chi connectivity index (χ0) is 15.2. The molecule has 1 amide bonds. The normalized spacial score (nSPS) is 10.7. The van der Waals surface area contributed by atoms with Crippen LogP contribution in [0.1, 0.15) is 18.9 Å². The van der Waals surface area contributed by atoms with Crippen LogP contribution in [0.2, 0.25) is 0 Å². The van der Waals surface area contributed by atoms with Gasteiger partial charge in [0.15, 0.2) is 6.61 Å². The van der Waals surface area contributed by atoms with E-state index < -0.39 is 0 Å². The molecule has 0 bridgehead atoms. The Bertz CT molecular complexity index is 616. The summed E-state index contributed by atoms with van der Waals surface area (Å²) in [5.41, 5.74) is 0. The van der Waals surface area contributed by atoms with E-state index in [1.807, 2.05) is 12.1 Å². The summed E-state index contributed by atoms with van der Waals surface area (Å²) >= 11 is 4.74.